The molecule has 1 atom stereocenters. The molecule has 0 radical (unpaired) electrons. The summed E-state index contributed by atoms with van der Waals surface area (Å²) >= 11 is 0. The predicted octanol–water partition coefficient (Wildman–Crippen LogP) is 1.37. The molecular weight excluding hydrogens is 282 g/mol. The fraction of sp³-hybridized carbons (Fsp3) is 0.438. The molecule has 2 fully saturated rings. The Bertz CT molecular complexity index is 612. The van der Waals surface area contributed by atoms with Gasteiger partial charge in [0, 0.05) is 30.9 Å². The number of hydrogen-bond acceptors (Lipinski definition) is 4. The maximum Gasteiger partial charge on any atom is 0.252 e. The average molecular weight is 301 g/mol. The lowest BCUT2D eigenvalue weighted by molar-refractivity contribution is -0.138. The maximum atomic E-state index is 12.1. The summed E-state index contributed by atoms with van der Waals surface area (Å²) in [5, 5.41) is 3.10. The van der Waals surface area contributed by atoms with Crippen LogP contribution in [0.4, 0.5) is 11.4 Å². The largest absolute Gasteiger partial charge is 0.373 e. The van der Waals surface area contributed by atoms with E-state index in [0.717, 1.165) is 24.3 Å². The van der Waals surface area contributed by atoms with Gasteiger partial charge in [0.2, 0.25) is 11.8 Å². The highest BCUT2D eigenvalue weighted by molar-refractivity contribution is 6.06. The van der Waals surface area contributed by atoms with Crippen molar-refractivity contribution in [3.63, 3.8) is 0 Å². The zero-order chi connectivity index (χ0) is 15.7. The summed E-state index contributed by atoms with van der Waals surface area (Å²) in [4.78, 5) is 38.5. The quantitative estimate of drug-likeness (QED) is 0.853. The van der Waals surface area contributed by atoms with Crippen molar-refractivity contribution >= 4 is 29.1 Å². The van der Waals surface area contributed by atoms with Crippen molar-refractivity contribution in [3.05, 3.63) is 24.3 Å². The second-order valence-electron chi connectivity index (χ2n) is 5.57. The van der Waals surface area contributed by atoms with Gasteiger partial charge in [0.05, 0.1) is 6.42 Å². The van der Waals surface area contributed by atoms with E-state index in [0.29, 0.717) is 13.0 Å². The van der Waals surface area contributed by atoms with Gasteiger partial charge in [-0.25, -0.2) is 0 Å². The lowest BCUT2D eigenvalue weighted by Crippen LogP contribution is -2.34. The Morgan fingerprint density at radius 2 is 1.86 bits per heavy atom. The van der Waals surface area contributed by atoms with Crippen molar-refractivity contribution in [2.75, 3.05) is 23.3 Å². The fourth-order valence-corrected chi connectivity index (χ4v) is 2.99. The number of rotatable bonds is 4. The van der Waals surface area contributed by atoms with E-state index in [4.69, 9.17) is 0 Å². The molecule has 3 amide bonds. The van der Waals surface area contributed by atoms with Crippen molar-refractivity contribution < 1.29 is 14.4 Å². The minimum Gasteiger partial charge on any atom is -0.373 e. The molecule has 22 heavy (non-hydrogen) atoms. The van der Waals surface area contributed by atoms with Crippen molar-refractivity contribution in [1.29, 1.82) is 0 Å². The predicted molar refractivity (Wildman–Crippen MR) is 82.5 cm³/mol. The molecule has 1 aromatic carbocycles. The van der Waals surface area contributed by atoms with Crippen molar-refractivity contribution in [1.82, 2.24) is 4.90 Å². The Morgan fingerprint density at radius 3 is 2.41 bits per heavy atom. The van der Waals surface area contributed by atoms with Gasteiger partial charge in [-0.3, -0.25) is 19.3 Å². The number of hydrogen-bond donors (Lipinski definition) is 1. The van der Waals surface area contributed by atoms with Crippen LogP contribution in [0.3, 0.4) is 0 Å². The summed E-state index contributed by atoms with van der Waals surface area (Å²) in [5.74, 6) is -0.161. The Kier molecular flexibility index (Phi) is 3.83. The minimum atomic E-state index is -0.494. The van der Waals surface area contributed by atoms with Crippen LogP contribution in [0.25, 0.3) is 0 Å². The standard InChI is InChI=1S/C16H19N3O3/c1-2-18-15(21)10-13(16(18)22)17-11-5-7-12(8-6-11)19-9-3-4-14(19)20/h5-8,13,17H,2-4,9-10H2,1H3/t13-/m1/s1. The van der Waals surface area contributed by atoms with Crippen LogP contribution in [-0.2, 0) is 14.4 Å². The number of benzene rings is 1. The molecule has 116 valence electrons. The topological polar surface area (TPSA) is 69.7 Å². The number of likely N-dealkylation sites (N-methyl/N-ethyl adjacent to an activating group) is 1. The molecule has 1 aromatic rings. The third kappa shape index (κ3) is 2.56. The van der Waals surface area contributed by atoms with Gasteiger partial charge in [-0.2, -0.15) is 0 Å². The van der Waals surface area contributed by atoms with Gasteiger partial charge in [0.25, 0.3) is 5.91 Å². The van der Waals surface area contributed by atoms with Gasteiger partial charge < -0.3 is 10.2 Å². The van der Waals surface area contributed by atoms with Gasteiger partial charge in [-0.05, 0) is 37.6 Å². The minimum absolute atomic E-state index is 0.135. The molecule has 0 saturated carbocycles. The average Bonchev–Trinajstić information content (AvgIpc) is 3.04. The number of carbonyl (C=O) groups is 3. The van der Waals surface area contributed by atoms with E-state index in [1.807, 2.05) is 24.3 Å². The number of carbonyl (C=O) groups excluding carboxylic acids is 3. The highest BCUT2D eigenvalue weighted by Crippen LogP contribution is 2.24. The van der Waals surface area contributed by atoms with E-state index in [1.165, 1.54) is 4.90 Å². The number of imide groups is 1. The molecule has 2 aliphatic heterocycles. The van der Waals surface area contributed by atoms with E-state index in [1.54, 1.807) is 11.8 Å². The zero-order valence-corrected chi connectivity index (χ0v) is 12.5. The summed E-state index contributed by atoms with van der Waals surface area (Å²) in [5.41, 5.74) is 1.65. The van der Waals surface area contributed by atoms with Crippen LogP contribution in [0.2, 0.25) is 0 Å². The normalized spacial score (nSPS) is 21.9. The second-order valence-corrected chi connectivity index (χ2v) is 5.57. The van der Waals surface area contributed by atoms with Crippen molar-refractivity contribution in [2.45, 2.75) is 32.2 Å². The van der Waals surface area contributed by atoms with Crippen molar-refractivity contribution in [2.24, 2.45) is 0 Å². The Balaban J connectivity index is 1.68. The molecule has 2 saturated heterocycles. The third-order valence-corrected chi connectivity index (χ3v) is 4.15. The molecule has 0 aromatic heterocycles. The Morgan fingerprint density at radius 1 is 1.14 bits per heavy atom. The van der Waals surface area contributed by atoms with Gasteiger partial charge in [-0.15, -0.1) is 0 Å². The smallest absolute Gasteiger partial charge is 0.252 e. The second kappa shape index (κ2) is 5.79. The summed E-state index contributed by atoms with van der Waals surface area (Å²) in [6.45, 7) is 2.96. The number of likely N-dealkylation sites (tertiary alicyclic amines) is 1. The summed E-state index contributed by atoms with van der Waals surface area (Å²) < 4.78 is 0. The van der Waals surface area contributed by atoms with Crippen LogP contribution < -0.4 is 10.2 Å². The van der Waals surface area contributed by atoms with E-state index in [2.05, 4.69) is 5.32 Å². The molecule has 6 heteroatoms. The molecule has 0 unspecified atom stereocenters. The Labute approximate surface area is 129 Å². The maximum absolute atomic E-state index is 12.1. The SMILES string of the molecule is CCN1C(=O)C[C@@H](Nc2ccc(N3CCCC3=O)cc2)C1=O. The van der Waals surface area contributed by atoms with E-state index in [9.17, 15) is 14.4 Å². The van der Waals surface area contributed by atoms with Crippen LogP contribution in [0.1, 0.15) is 26.2 Å². The van der Waals surface area contributed by atoms with Gasteiger partial charge >= 0.3 is 0 Å². The molecule has 0 spiro atoms. The van der Waals surface area contributed by atoms with Crippen LogP contribution in [-0.4, -0.2) is 41.8 Å². The Hall–Kier alpha value is -2.37. The lowest BCUT2D eigenvalue weighted by atomic mass is 10.2. The number of anilines is 2. The highest BCUT2D eigenvalue weighted by atomic mass is 16.2. The number of nitrogens with one attached hydrogen (secondary N) is 1. The van der Waals surface area contributed by atoms with E-state index in [-0.39, 0.29) is 24.1 Å². The van der Waals surface area contributed by atoms with Gasteiger partial charge in [0.15, 0.2) is 0 Å². The third-order valence-electron chi connectivity index (χ3n) is 4.15. The van der Waals surface area contributed by atoms with Crippen LogP contribution >= 0.6 is 0 Å². The van der Waals surface area contributed by atoms with E-state index >= 15 is 0 Å². The molecule has 0 aliphatic carbocycles. The highest BCUT2D eigenvalue weighted by Gasteiger charge is 2.37. The summed E-state index contributed by atoms with van der Waals surface area (Å²) in [6, 6.07) is 6.92. The van der Waals surface area contributed by atoms with E-state index < -0.39 is 6.04 Å². The number of nitrogens with zero attached hydrogens (tertiary/aromatic N) is 2. The monoisotopic (exact) mass is 301 g/mol. The molecule has 0 bridgehead atoms. The van der Waals surface area contributed by atoms with Crippen LogP contribution in [0.5, 0.6) is 0 Å². The fourth-order valence-electron chi connectivity index (χ4n) is 2.99. The first-order chi connectivity index (χ1) is 10.6. The molecular formula is C16H19N3O3. The molecule has 1 N–H and O–H groups in total. The van der Waals surface area contributed by atoms with Crippen LogP contribution in [0, 0.1) is 0 Å². The first-order valence-corrected chi connectivity index (χ1v) is 7.61. The first kappa shape index (κ1) is 14.6. The van der Waals surface area contributed by atoms with Gasteiger partial charge in [-0.1, -0.05) is 0 Å². The summed E-state index contributed by atoms with van der Waals surface area (Å²) in [6.07, 6.45) is 1.69. The number of amides is 3. The first-order valence-electron chi connectivity index (χ1n) is 7.61. The molecule has 3 rings (SSSR count). The van der Waals surface area contributed by atoms with Gasteiger partial charge in [0.1, 0.15) is 6.04 Å². The molecule has 6 nitrogen and oxygen atoms in total. The molecule has 2 heterocycles. The molecule has 2 aliphatic rings. The zero-order valence-electron chi connectivity index (χ0n) is 12.5. The van der Waals surface area contributed by atoms with Crippen molar-refractivity contribution in [3.8, 4) is 0 Å². The summed E-state index contributed by atoms with van der Waals surface area (Å²) in [7, 11) is 0. The van der Waals surface area contributed by atoms with Crippen LogP contribution in [0.15, 0.2) is 24.3 Å². The lowest BCUT2D eigenvalue weighted by Gasteiger charge is -2.17.